The molecule has 0 spiro atoms. The lowest BCUT2D eigenvalue weighted by Crippen LogP contribution is -2.10. The number of nitrogens with one attached hydrogen (secondary N) is 2. The van der Waals surface area contributed by atoms with E-state index in [0.29, 0.717) is 16.9 Å². The van der Waals surface area contributed by atoms with Gasteiger partial charge in [0.2, 0.25) is 11.1 Å². The van der Waals surface area contributed by atoms with Crippen LogP contribution in [0.2, 0.25) is 0 Å². The third-order valence-corrected chi connectivity index (χ3v) is 6.66. The van der Waals surface area contributed by atoms with Crippen LogP contribution in [0.4, 0.5) is 16.9 Å². The van der Waals surface area contributed by atoms with Gasteiger partial charge in [-0.1, -0.05) is 44.2 Å². The monoisotopic (exact) mass is 456 g/mol. The molecular formula is C24H24N8S. The van der Waals surface area contributed by atoms with Crippen molar-refractivity contribution in [3.05, 3.63) is 53.4 Å². The summed E-state index contributed by atoms with van der Waals surface area (Å²) in [5.74, 6) is 1.31. The van der Waals surface area contributed by atoms with Crippen LogP contribution in [-0.4, -0.2) is 37.2 Å². The standard InChI is InChI=1S/C24H24N8S/c1-13-6-8-16-19(18(13)14-7-9-17-15(10-14)11-26-22(25-5)29-17)27-12-28-20(16)30-23-32-31-21(33-23)24(2,3)4/h6-12H,1-5H3,(H,25,26,29)(H,27,28,30,32). The Morgan fingerprint density at radius 2 is 1.82 bits per heavy atom. The van der Waals surface area contributed by atoms with Crippen molar-refractivity contribution < 1.29 is 0 Å². The summed E-state index contributed by atoms with van der Waals surface area (Å²) in [6.07, 6.45) is 3.42. The lowest BCUT2D eigenvalue weighted by Gasteiger charge is -2.13. The van der Waals surface area contributed by atoms with Crippen LogP contribution in [0.3, 0.4) is 0 Å². The first-order valence-electron chi connectivity index (χ1n) is 10.6. The number of anilines is 3. The van der Waals surface area contributed by atoms with Gasteiger partial charge in [-0.2, -0.15) is 0 Å². The summed E-state index contributed by atoms with van der Waals surface area (Å²) in [6.45, 7) is 8.47. The van der Waals surface area contributed by atoms with E-state index >= 15 is 0 Å². The maximum atomic E-state index is 4.65. The molecule has 0 bridgehead atoms. The maximum absolute atomic E-state index is 4.65. The molecule has 166 valence electrons. The van der Waals surface area contributed by atoms with E-state index in [0.717, 1.165) is 43.5 Å². The van der Waals surface area contributed by atoms with Crippen molar-refractivity contribution >= 4 is 50.0 Å². The summed E-state index contributed by atoms with van der Waals surface area (Å²) in [5, 5.41) is 18.5. The fourth-order valence-corrected chi connectivity index (χ4v) is 4.48. The predicted molar refractivity (Wildman–Crippen MR) is 134 cm³/mol. The highest BCUT2D eigenvalue weighted by atomic mass is 32.1. The van der Waals surface area contributed by atoms with Gasteiger partial charge in [-0.3, -0.25) is 0 Å². The lowest BCUT2D eigenvalue weighted by atomic mass is 9.96. The summed E-state index contributed by atoms with van der Waals surface area (Å²) in [4.78, 5) is 18.0. The van der Waals surface area contributed by atoms with Gasteiger partial charge in [0, 0.05) is 35.0 Å². The second-order valence-corrected chi connectivity index (χ2v) is 9.86. The van der Waals surface area contributed by atoms with E-state index in [9.17, 15) is 0 Å². The van der Waals surface area contributed by atoms with Crippen molar-refractivity contribution in [3.63, 3.8) is 0 Å². The molecule has 0 saturated heterocycles. The Hall–Kier alpha value is -3.72. The van der Waals surface area contributed by atoms with Crippen LogP contribution in [0.15, 0.2) is 42.9 Å². The average molecular weight is 457 g/mol. The van der Waals surface area contributed by atoms with Gasteiger partial charge in [-0.15, -0.1) is 10.2 Å². The molecule has 0 radical (unpaired) electrons. The van der Waals surface area contributed by atoms with Gasteiger partial charge in [-0.05, 0) is 36.2 Å². The van der Waals surface area contributed by atoms with E-state index in [4.69, 9.17) is 0 Å². The highest BCUT2D eigenvalue weighted by Crippen LogP contribution is 2.36. The van der Waals surface area contributed by atoms with Gasteiger partial charge < -0.3 is 10.6 Å². The topological polar surface area (TPSA) is 101 Å². The Labute approximate surface area is 195 Å². The van der Waals surface area contributed by atoms with Crippen LogP contribution < -0.4 is 10.6 Å². The van der Waals surface area contributed by atoms with E-state index in [-0.39, 0.29) is 5.41 Å². The van der Waals surface area contributed by atoms with Crippen molar-refractivity contribution in [2.45, 2.75) is 33.1 Å². The van der Waals surface area contributed by atoms with E-state index in [1.54, 1.807) is 6.33 Å². The summed E-state index contributed by atoms with van der Waals surface area (Å²) >= 11 is 1.54. The van der Waals surface area contributed by atoms with E-state index < -0.39 is 0 Å². The highest BCUT2D eigenvalue weighted by molar-refractivity contribution is 7.15. The first-order valence-corrected chi connectivity index (χ1v) is 11.5. The molecule has 0 aliphatic heterocycles. The number of rotatable bonds is 4. The predicted octanol–water partition coefficient (Wildman–Crippen LogP) is 5.48. The first kappa shape index (κ1) is 21.1. The average Bonchev–Trinajstić information content (AvgIpc) is 3.28. The number of hydrogen-bond acceptors (Lipinski definition) is 9. The Balaban J connectivity index is 1.60. The fourth-order valence-electron chi connectivity index (χ4n) is 3.68. The minimum Gasteiger partial charge on any atom is -0.357 e. The fraction of sp³-hybridized carbons (Fsp3) is 0.250. The molecule has 0 atom stereocenters. The van der Waals surface area contributed by atoms with Crippen molar-refractivity contribution in [1.82, 2.24) is 30.1 Å². The van der Waals surface area contributed by atoms with Crippen molar-refractivity contribution in [2.75, 3.05) is 17.7 Å². The minimum absolute atomic E-state index is 0.0522. The molecule has 3 aromatic heterocycles. The third-order valence-electron chi connectivity index (χ3n) is 5.40. The molecule has 9 heteroatoms. The number of fused-ring (bicyclic) bond motifs is 2. The van der Waals surface area contributed by atoms with E-state index in [2.05, 4.69) is 86.7 Å². The van der Waals surface area contributed by atoms with Gasteiger partial charge in [-0.25, -0.2) is 19.9 Å². The SMILES string of the molecule is CNc1ncc2cc(-c3c(C)ccc4c(Nc5nnc(C(C)(C)C)s5)ncnc34)ccc2n1. The Bertz CT molecular complexity index is 1490. The molecule has 3 heterocycles. The molecule has 0 saturated carbocycles. The Kier molecular flexibility index (Phi) is 5.13. The summed E-state index contributed by atoms with van der Waals surface area (Å²) in [6, 6.07) is 10.3. The largest absolute Gasteiger partial charge is 0.357 e. The molecule has 5 aromatic rings. The number of aryl methyl sites for hydroxylation is 1. The second-order valence-electron chi connectivity index (χ2n) is 8.88. The normalized spacial score (nSPS) is 11.8. The molecule has 5 rings (SSSR count). The Morgan fingerprint density at radius 3 is 2.58 bits per heavy atom. The molecular weight excluding hydrogens is 432 g/mol. The van der Waals surface area contributed by atoms with Crippen molar-refractivity contribution in [2.24, 2.45) is 0 Å². The third kappa shape index (κ3) is 3.95. The summed E-state index contributed by atoms with van der Waals surface area (Å²) in [5.41, 5.74) is 4.96. The van der Waals surface area contributed by atoms with Crippen LogP contribution in [0, 0.1) is 6.92 Å². The maximum Gasteiger partial charge on any atom is 0.222 e. The lowest BCUT2D eigenvalue weighted by molar-refractivity contribution is 0.578. The van der Waals surface area contributed by atoms with E-state index in [1.807, 2.05) is 25.4 Å². The molecule has 2 N–H and O–H groups in total. The zero-order valence-electron chi connectivity index (χ0n) is 19.1. The quantitative estimate of drug-likeness (QED) is 0.366. The number of benzene rings is 2. The van der Waals surface area contributed by atoms with Crippen molar-refractivity contribution in [1.29, 1.82) is 0 Å². The Morgan fingerprint density at radius 1 is 0.970 bits per heavy atom. The molecule has 0 amide bonds. The number of hydrogen-bond donors (Lipinski definition) is 2. The van der Waals surface area contributed by atoms with Crippen LogP contribution in [-0.2, 0) is 5.41 Å². The van der Waals surface area contributed by atoms with E-state index in [1.165, 1.54) is 11.3 Å². The highest BCUT2D eigenvalue weighted by Gasteiger charge is 2.20. The van der Waals surface area contributed by atoms with Gasteiger partial charge >= 0.3 is 0 Å². The summed E-state index contributed by atoms with van der Waals surface area (Å²) in [7, 11) is 1.81. The zero-order valence-corrected chi connectivity index (χ0v) is 19.9. The van der Waals surface area contributed by atoms with Gasteiger partial charge in [0.15, 0.2) is 0 Å². The molecule has 0 aliphatic rings. The van der Waals surface area contributed by atoms with Gasteiger partial charge in [0.05, 0.1) is 11.0 Å². The van der Waals surface area contributed by atoms with Crippen molar-refractivity contribution in [3.8, 4) is 11.1 Å². The number of aromatic nitrogens is 6. The van der Waals surface area contributed by atoms with Gasteiger partial charge in [0.25, 0.3) is 0 Å². The van der Waals surface area contributed by atoms with Crippen LogP contribution >= 0.6 is 11.3 Å². The molecule has 8 nitrogen and oxygen atoms in total. The van der Waals surface area contributed by atoms with Crippen LogP contribution in [0.5, 0.6) is 0 Å². The molecule has 2 aromatic carbocycles. The van der Waals surface area contributed by atoms with Gasteiger partial charge in [0.1, 0.15) is 17.2 Å². The van der Waals surface area contributed by atoms with Crippen LogP contribution in [0.25, 0.3) is 32.9 Å². The molecule has 0 unspecified atom stereocenters. The number of nitrogens with zero attached hydrogens (tertiary/aromatic N) is 6. The van der Waals surface area contributed by atoms with Crippen LogP contribution in [0.1, 0.15) is 31.3 Å². The second kappa shape index (κ2) is 8.00. The molecule has 0 fully saturated rings. The zero-order chi connectivity index (χ0) is 23.2. The molecule has 33 heavy (non-hydrogen) atoms. The smallest absolute Gasteiger partial charge is 0.222 e. The first-order chi connectivity index (χ1) is 15.8. The molecule has 0 aliphatic carbocycles. The summed E-state index contributed by atoms with van der Waals surface area (Å²) < 4.78 is 0. The minimum atomic E-state index is -0.0522.